The van der Waals surface area contributed by atoms with Crippen LogP contribution in [0.25, 0.3) is 0 Å². The number of piperidine rings is 1. The molecule has 1 aliphatic heterocycles. The average Bonchev–Trinajstić information content (AvgIpc) is 3.04. The molecule has 1 fully saturated rings. The summed E-state index contributed by atoms with van der Waals surface area (Å²) in [5.74, 6) is -0.513. The number of carboxylic acids is 1. The monoisotopic (exact) mass is 434 g/mol. The predicted octanol–water partition coefficient (Wildman–Crippen LogP) is 4.72. The van der Waals surface area contributed by atoms with Crippen LogP contribution in [-0.2, 0) is 22.4 Å². The highest BCUT2D eigenvalue weighted by atomic mass is 32.1. The van der Waals surface area contributed by atoms with Crippen LogP contribution in [0.2, 0.25) is 0 Å². The van der Waals surface area contributed by atoms with Crippen molar-refractivity contribution in [1.29, 1.82) is 0 Å². The highest BCUT2D eigenvalue weighted by Crippen LogP contribution is 2.44. The highest BCUT2D eigenvalue weighted by molar-refractivity contribution is 7.17. The van der Waals surface area contributed by atoms with Gasteiger partial charge in [-0.2, -0.15) is 0 Å². The van der Waals surface area contributed by atoms with Crippen LogP contribution >= 0.6 is 11.3 Å². The number of amides is 2. The van der Waals surface area contributed by atoms with E-state index in [1.807, 2.05) is 4.90 Å². The van der Waals surface area contributed by atoms with Gasteiger partial charge in [0, 0.05) is 30.8 Å². The number of fused-ring (bicyclic) bond motifs is 1. The Bertz CT molecular complexity index is 803. The number of carboxylic acid groups (broad SMARTS) is 1. The molecule has 166 valence electrons. The molecule has 0 saturated carbocycles. The summed E-state index contributed by atoms with van der Waals surface area (Å²) in [6, 6.07) is 0. The molecule has 2 amide bonds. The number of carbonyl (C=O) groups is 3. The van der Waals surface area contributed by atoms with Crippen LogP contribution in [-0.4, -0.2) is 40.9 Å². The lowest BCUT2D eigenvalue weighted by Crippen LogP contribution is -2.36. The molecule has 1 aromatic heterocycles. The molecule has 1 aromatic rings. The molecule has 0 bridgehead atoms. The molecule has 0 radical (unpaired) electrons. The number of rotatable bonds is 6. The standard InChI is InChI=1S/C23H34N2O4S/c1-23(2,3)15-10-11-16-17(14-15)30-21(24-18(26)8-7-9-19(27)28)20(16)22(29)25-12-5-4-6-13-25/h15H,4-14H2,1-3H3,(H,24,26)(H,27,28)/t15-/m0/s1. The van der Waals surface area contributed by atoms with E-state index < -0.39 is 5.97 Å². The first-order chi connectivity index (χ1) is 14.2. The minimum atomic E-state index is -0.899. The molecule has 2 heterocycles. The van der Waals surface area contributed by atoms with Crippen molar-refractivity contribution in [3.05, 3.63) is 16.0 Å². The van der Waals surface area contributed by atoms with Crippen LogP contribution < -0.4 is 5.32 Å². The Hall–Kier alpha value is -1.89. The van der Waals surface area contributed by atoms with Crippen LogP contribution in [0.4, 0.5) is 5.00 Å². The number of anilines is 1. The van der Waals surface area contributed by atoms with Gasteiger partial charge in [0.2, 0.25) is 5.91 Å². The first kappa shape index (κ1) is 22.8. The molecule has 0 aromatic carbocycles. The van der Waals surface area contributed by atoms with Gasteiger partial charge in [0.1, 0.15) is 5.00 Å². The summed E-state index contributed by atoms with van der Waals surface area (Å²) in [5.41, 5.74) is 2.02. The topological polar surface area (TPSA) is 86.7 Å². The maximum absolute atomic E-state index is 13.4. The summed E-state index contributed by atoms with van der Waals surface area (Å²) in [6.07, 6.45) is 6.51. The van der Waals surface area contributed by atoms with Crippen molar-refractivity contribution in [1.82, 2.24) is 4.90 Å². The van der Waals surface area contributed by atoms with Crippen molar-refractivity contribution in [3.63, 3.8) is 0 Å². The number of nitrogens with zero attached hydrogens (tertiary/aromatic N) is 1. The maximum Gasteiger partial charge on any atom is 0.303 e. The van der Waals surface area contributed by atoms with Gasteiger partial charge in [0.15, 0.2) is 0 Å². The van der Waals surface area contributed by atoms with Gasteiger partial charge in [-0.15, -0.1) is 11.3 Å². The highest BCUT2D eigenvalue weighted by Gasteiger charge is 2.35. The van der Waals surface area contributed by atoms with Crippen molar-refractivity contribution in [2.45, 2.75) is 78.6 Å². The second-order valence-corrected chi connectivity index (χ2v) is 10.8. The Labute approximate surface area is 183 Å². The predicted molar refractivity (Wildman–Crippen MR) is 119 cm³/mol. The first-order valence-corrected chi connectivity index (χ1v) is 11.9. The number of hydrogen-bond donors (Lipinski definition) is 2. The molecular weight excluding hydrogens is 400 g/mol. The molecule has 2 aliphatic rings. The third-order valence-electron chi connectivity index (χ3n) is 6.39. The zero-order valence-corrected chi connectivity index (χ0v) is 19.2. The van der Waals surface area contributed by atoms with E-state index in [9.17, 15) is 14.4 Å². The first-order valence-electron chi connectivity index (χ1n) is 11.1. The van der Waals surface area contributed by atoms with Crippen molar-refractivity contribution < 1.29 is 19.5 Å². The van der Waals surface area contributed by atoms with Crippen molar-refractivity contribution in [3.8, 4) is 0 Å². The van der Waals surface area contributed by atoms with Crippen LogP contribution in [0.3, 0.4) is 0 Å². The molecule has 7 heteroatoms. The van der Waals surface area contributed by atoms with E-state index in [4.69, 9.17) is 5.11 Å². The van der Waals surface area contributed by atoms with E-state index in [-0.39, 0.29) is 30.1 Å². The minimum absolute atomic E-state index is 0.0266. The molecule has 0 spiro atoms. The Balaban J connectivity index is 1.84. The summed E-state index contributed by atoms with van der Waals surface area (Å²) < 4.78 is 0. The molecule has 1 saturated heterocycles. The summed E-state index contributed by atoms with van der Waals surface area (Å²) in [6.45, 7) is 8.35. The maximum atomic E-state index is 13.4. The lowest BCUT2D eigenvalue weighted by atomic mass is 9.72. The van der Waals surface area contributed by atoms with Gasteiger partial charge < -0.3 is 15.3 Å². The van der Waals surface area contributed by atoms with E-state index >= 15 is 0 Å². The fraction of sp³-hybridized carbons (Fsp3) is 0.696. The molecule has 1 atom stereocenters. The Kier molecular flexibility index (Phi) is 7.22. The van der Waals surface area contributed by atoms with Gasteiger partial charge in [-0.05, 0) is 61.8 Å². The Morgan fingerprint density at radius 3 is 2.47 bits per heavy atom. The summed E-state index contributed by atoms with van der Waals surface area (Å²) in [5, 5.41) is 12.4. The third kappa shape index (κ3) is 5.42. The van der Waals surface area contributed by atoms with Crippen molar-refractivity contribution in [2.75, 3.05) is 18.4 Å². The smallest absolute Gasteiger partial charge is 0.303 e. The van der Waals surface area contributed by atoms with Crippen molar-refractivity contribution >= 4 is 34.1 Å². The molecule has 30 heavy (non-hydrogen) atoms. The SMILES string of the molecule is CC(C)(C)[C@H]1CCc2c(sc(NC(=O)CCCC(=O)O)c2C(=O)N2CCCCC2)C1. The number of hydrogen-bond acceptors (Lipinski definition) is 4. The van der Waals surface area contributed by atoms with Gasteiger partial charge in [0.05, 0.1) is 5.56 Å². The summed E-state index contributed by atoms with van der Waals surface area (Å²) in [7, 11) is 0. The second kappa shape index (κ2) is 9.50. The molecule has 2 N–H and O–H groups in total. The second-order valence-electron chi connectivity index (χ2n) is 9.66. The Morgan fingerprint density at radius 2 is 1.83 bits per heavy atom. The number of nitrogens with one attached hydrogen (secondary N) is 1. The van der Waals surface area contributed by atoms with Gasteiger partial charge >= 0.3 is 5.97 Å². The van der Waals surface area contributed by atoms with E-state index in [0.29, 0.717) is 22.9 Å². The van der Waals surface area contributed by atoms with Crippen molar-refractivity contribution in [2.24, 2.45) is 11.3 Å². The molecular formula is C23H34N2O4S. The normalized spacial score (nSPS) is 19.3. The molecule has 6 nitrogen and oxygen atoms in total. The van der Waals surface area contributed by atoms with Crippen LogP contribution in [0.5, 0.6) is 0 Å². The number of likely N-dealkylation sites (tertiary alicyclic amines) is 1. The third-order valence-corrected chi connectivity index (χ3v) is 7.56. The molecule has 0 unspecified atom stereocenters. The fourth-order valence-electron chi connectivity index (χ4n) is 4.48. The molecule has 3 rings (SSSR count). The van der Waals surface area contributed by atoms with Crippen LogP contribution in [0.15, 0.2) is 0 Å². The number of aliphatic carboxylic acids is 1. The van der Waals surface area contributed by atoms with Crippen LogP contribution in [0, 0.1) is 11.3 Å². The molecule has 1 aliphatic carbocycles. The summed E-state index contributed by atoms with van der Waals surface area (Å²) in [4.78, 5) is 39.8. The van der Waals surface area contributed by atoms with Gasteiger partial charge in [-0.1, -0.05) is 20.8 Å². The number of carbonyl (C=O) groups excluding carboxylic acids is 2. The number of thiophene rings is 1. The van der Waals surface area contributed by atoms with Gasteiger partial charge in [-0.25, -0.2) is 0 Å². The quantitative estimate of drug-likeness (QED) is 0.678. The zero-order valence-electron chi connectivity index (χ0n) is 18.4. The lowest BCUT2D eigenvalue weighted by Gasteiger charge is -2.34. The van der Waals surface area contributed by atoms with Gasteiger partial charge in [-0.3, -0.25) is 14.4 Å². The lowest BCUT2D eigenvalue weighted by molar-refractivity contribution is -0.137. The average molecular weight is 435 g/mol. The summed E-state index contributed by atoms with van der Waals surface area (Å²) >= 11 is 1.55. The zero-order chi connectivity index (χ0) is 21.9. The van der Waals surface area contributed by atoms with E-state index in [0.717, 1.165) is 57.2 Å². The van der Waals surface area contributed by atoms with Gasteiger partial charge in [0.25, 0.3) is 5.91 Å². The van der Waals surface area contributed by atoms with E-state index in [1.165, 1.54) is 4.88 Å². The largest absolute Gasteiger partial charge is 0.481 e. The fourth-order valence-corrected chi connectivity index (χ4v) is 5.82. The van der Waals surface area contributed by atoms with E-state index in [2.05, 4.69) is 26.1 Å². The minimum Gasteiger partial charge on any atom is -0.481 e. The van der Waals surface area contributed by atoms with Crippen LogP contribution in [0.1, 0.15) is 86.5 Å². The van der Waals surface area contributed by atoms with E-state index in [1.54, 1.807) is 11.3 Å². The Morgan fingerprint density at radius 1 is 1.13 bits per heavy atom.